The average molecular weight is 267 g/mol. The smallest absolute Gasteiger partial charge is 0.307 e. The van der Waals surface area contributed by atoms with Gasteiger partial charge >= 0.3 is 5.97 Å². The molecule has 0 amide bonds. The van der Waals surface area contributed by atoms with E-state index in [1.165, 1.54) is 64.2 Å². The first-order valence-electron chi connectivity index (χ1n) is 8.17. The van der Waals surface area contributed by atoms with E-state index < -0.39 is 0 Å². The third-order valence-corrected chi connectivity index (χ3v) is 4.86. The SMILES string of the molecule is NC(CC(=O)OCC1CCCCC1)C1CCCCC1. The van der Waals surface area contributed by atoms with Crippen molar-refractivity contribution in [3.8, 4) is 0 Å². The predicted molar refractivity (Wildman–Crippen MR) is 76.7 cm³/mol. The molecule has 2 aliphatic rings. The lowest BCUT2D eigenvalue weighted by Gasteiger charge is -2.27. The molecule has 0 saturated heterocycles. The Balaban J connectivity index is 1.62. The van der Waals surface area contributed by atoms with Crippen molar-refractivity contribution in [2.24, 2.45) is 17.6 Å². The first-order chi connectivity index (χ1) is 9.25. The minimum Gasteiger partial charge on any atom is -0.465 e. The molecule has 2 saturated carbocycles. The number of hydrogen-bond acceptors (Lipinski definition) is 3. The number of carbonyl (C=O) groups excluding carboxylic acids is 1. The molecular weight excluding hydrogens is 238 g/mol. The molecular formula is C16H29NO2. The van der Waals surface area contributed by atoms with Crippen LogP contribution in [-0.2, 0) is 9.53 Å². The molecule has 2 rings (SSSR count). The van der Waals surface area contributed by atoms with Crippen molar-refractivity contribution in [2.75, 3.05) is 6.61 Å². The van der Waals surface area contributed by atoms with E-state index in [-0.39, 0.29) is 12.0 Å². The average Bonchev–Trinajstić information content (AvgIpc) is 2.47. The highest BCUT2D eigenvalue weighted by molar-refractivity contribution is 5.70. The molecule has 0 aromatic heterocycles. The van der Waals surface area contributed by atoms with Crippen LogP contribution in [0.1, 0.15) is 70.6 Å². The van der Waals surface area contributed by atoms with Gasteiger partial charge in [0.25, 0.3) is 0 Å². The molecule has 3 heteroatoms. The maximum Gasteiger partial charge on any atom is 0.307 e. The molecule has 0 heterocycles. The molecule has 0 aliphatic heterocycles. The Morgan fingerprint density at radius 1 is 1.00 bits per heavy atom. The Labute approximate surface area is 117 Å². The molecule has 19 heavy (non-hydrogen) atoms. The number of ether oxygens (including phenoxy) is 1. The van der Waals surface area contributed by atoms with Crippen molar-refractivity contribution in [2.45, 2.75) is 76.7 Å². The largest absolute Gasteiger partial charge is 0.465 e. The summed E-state index contributed by atoms with van der Waals surface area (Å²) in [6.07, 6.45) is 13.1. The van der Waals surface area contributed by atoms with Crippen molar-refractivity contribution in [1.82, 2.24) is 0 Å². The normalized spacial score (nSPS) is 24.1. The van der Waals surface area contributed by atoms with E-state index in [1.807, 2.05) is 0 Å². The predicted octanol–water partition coefficient (Wildman–Crippen LogP) is 3.41. The number of esters is 1. The summed E-state index contributed by atoms with van der Waals surface area (Å²) in [5.74, 6) is 1.06. The van der Waals surface area contributed by atoms with Gasteiger partial charge in [-0.15, -0.1) is 0 Å². The zero-order valence-electron chi connectivity index (χ0n) is 12.1. The first-order valence-corrected chi connectivity index (χ1v) is 8.17. The third-order valence-electron chi connectivity index (χ3n) is 4.86. The van der Waals surface area contributed by atoms with Crippen molar-refractivity contribution in [1.29, 1.82) is 0 Å². The zero-order valence-corrected chi connectivity index (χ0v) is 12.1. The quantitative estimate of drug-likeness (QED) is 0.777. The van der Waals surface area contributed by atoms with E-state index >= 15 is 0 Å². The van der Waals surface area contributed by atoms with Gasteiger partial charge in [-0.1, -0.05) is 38.5 Å². The molecule has 2 aliphatic carbocycles. The summed E-state index contributed by atoms with van der Waals surface area (Å²) >= 11 is 0. The van der Waals surface area contributed by atoms with Gasteiger partial charge in [-0.2, -0.15) is 0 Å². The number of carbonyl (C=O) groups is 1. The van der Waals surface area contributed by atoms with Gasteiger partial charge in [0.1, 0.15) is 0 Å². The molecule has 0 bridgehead atoms. The fourth-order valence-corrected chi connectivity index (χ4v) is 3.54. The van der Waals surface area contributed by atoms with Gasteiger partial charge in [0.15, 0.2) is 0 Å². The van der Waals surface area contributed by atoms with Crippen LogP contribution in [0.5, 0.6) is 0 Å². The number of nitrogens with two attached hydrogens (primary N) is 1. The summed E-state index contributed by atoms with van der Waals surface area (Å²) in [6, 6.07) is 0.0131. The molecule has 2 N–H and O–H groups in total. The molecule has 1 atom stereocenters. The van der Waals surface area contributed by atoms with Crippen LogP contribution in [0.4, 0.5) is 0 Å². The first kappa shape index (κ1) is 14.8. The summed E-state index contributed by atoms with van der Waals surface area (Å²) in [6.45, 7) is 0.621. The fourth-order valence-electron chi connectivity index (χ4n) is 3.54. The van der Waals surface area contributed by atoms with Gasteiger partial charge in [0, 0.05) is 6.04 Å². The fraction of sp³-hybridized carbons (Fsp3) is 0.938. The van der Waals surface area contributed by atoms with Crippen LogP contribution in [0.15, 0.2) is 0 Å². The van der Waals surface area contributed by atoms with Crippen molar-refractivity contribution in [3.63, 3.8) is 0 Å². The van der Waals surface area contributed by atoms with Gasteiger partial charge in [-0.25, -0.2) is 0 Å². The lowest BCUT2D eigenvalue weighted by atomic mass is 9.83. The van der Waals surface area contributed by atoms with Gasteiger partial charge < -0.3 is 10.5 Å². The van der Waals surface area contributed by atoms with Crippen LogP contribution >= 0.6 is 0 Å². The highest BCUT2D eigenvalue weighted by atomic mass is 16.5. The van der Waals surface area contributed by atoms with Gasteiger partial charge in [-0.05, 0) is 37.5 Å². The van der Waals surface area contributed by atoms with Gasteiger partial charge in [-0.3, -0.25) is 4.79 Å². The molecule has 110 valence electrons. The molecule has 0 spiro atoms. The van der Waals surface area contributed by atoms with E-state index in [0.717, 1.165) is 0 Å². The van der Waals surface area contributed by atoms with Crippen LogP contribution < -0.4 is 5.73 Å². The van der Waals surface area contributed by atoms with Crippen LogP contribution in [0.2, 0.25) is 0 Å². The summed E-state index contributed by atoms with van der Waals surface area (Å²) in [7, 11) is 0. The second-order valence-electron chi connectivity index (χ2n) is 6.45. The summed E-state index contributed by atoms with van der Waals surface area (Å²) in [5.41, 5.74) is 6.16. The minimum absolute atomic E-state index is 0.0131. The minimum atomic E-state index is -0.0800. The Morgan fingerprint density at radius 3 is 2.21 bits per heavy atom. The molecule has 0 radical (unpaired) electrons. The maximum atomic E-state index is 11.8. The number of rotatable bonds is 5. The number of hydrogen-bond donors (Lipinski definition) is 1. The van der Waals surface area contributed by atoms with E-state index in [4.69, 9.17) is 10.5 Å². The molecule has 1 unspecified atom stereocenters. The third kappa shape index (κ3) is 5.13. The van der Waals surface area contributed by atoms with Crippen LogP contribution in [0, 0.1) is 11.8 Å². The van der Waals surface area contributed by atoms with Crippen molar-refractivity contribution < 1.29 is 9.53 Å². The summed E-state index contributed by atoms with van der Waals surface area (Å²) in [4.78, 5) is 11.8. The topological polar surface area (TPSA) is 52.3 Å². The van der Waals surface area contributed by atoms with Crippen molar-refractivity contribution >= 4 is 5.97 Å². The van der Waals surface area contributed by atoms with E-state index in [9.17, 15) is 4.79 Å². The second kappa shape index (κ2) is 7.88. The monoisotopic (exact) mass is 267 g/mol. The Bertz CT molecular complexity index is 268. The maximum absolute atomic E-state index is 11.8. The highest BCUT2D eigenvalue weighted by Gasteiger charge is 2.23. The summed E-state index contributed by atoms with van der Waals surface area (Å²) < 4.78 is 5.42. The van der Waals surface area contributed by atoms with Gasteiger partial charge in [0.05, 0.1) is 13.0 Å². The molecule has 3 nitrogen and oxygen atoms in total. The lowest BCUT2D eigenvalue weighted by molar-refractivity contribution is -0.146. The van der Waals surface area contributed by atoms with E-state index in [0.29, 0.717) is 24.9 Å². The standard InChI is InChI=1S/C16H29NO2/c17-15(14-9-5-2-6-10-14)11-16(18)19-12-13-7-3-1-4-8-13/h13-15H,1-12,17H2. The summed E-state index contributed by atoms with van der Waals surface area (Å²) in [5, 5.41) is 0. The Morgan fingerprint density at radius 2 is 1.58 bits per heavy atom. The molecule has 2 fully saturated rings. The van der Waals surface area contributed by atoms with Gasteiger partial charge in [0.2, 0.25) is 0 Å². The zero-order chi connectivity index (χ0) is 13.5. The van der Waals surface area contributed by atoms with Crippen LogP contribution in [0.3, 0.4) is 0 Å². The van der Waals surface area contributed by atoms with E-state index in [2.05, 4.69) is 0 Å². The van der Waals surface area contributed by atoms with Crippen LogP contribution in [-0.4, -0.2) is 18.6 Å². The lowest BCUT2D eigenvalue weighted by Crippen LogP contribution is -2.34. The Hall–Kier alpha value is -0.570. The molecule has 0 aromatic carbocycles. The van der Waals surface area contributed by atoms with Crippen molar-refractivity contribution in [3.05, 3.63) is 0 Å². The molecule has 0 aromatic rings. The second-order valence-corrected chi connectivity index (χ2v) is 6.45. The Kier molecular flexibility index (Phi) is 6.15. The van der Waals surface area contributed by atoms with Crippen LogP contribution in [0.25, 0.3) is 0 Å². The highest BCUT2D eigenvalue weighted by Crippen LogP contribution is 2.27. The van der Waals surface area contributed by atoms with E-state index in [1.54, 1.807) is 0 Å².